The molecule has 2 heterocycles. The number of aromatic nitrogens is 1. The zero-order chi connectivity index (χ0) is 12.4. The lowest BCUT2D eigenvalue weighted by molar-refractivity contribution is -0.145. The molecule has 0 bridgehead atoms. The van der Waals surface area contributed by atoms with Gasteiger partial charge in [-0.25, -0.2) is 4.98 Å². The lowest BCUT2D eigenvalue weighted by atomic mass is 9.87. The highest BCUT2D eigenvalue weighted by molar-refractivity contribution is 7.09. The van der Waals surface area contributed by atoms with Gasteiger partial charge in [-0.15, -0.1) is 11.3 Å². The Balaban J connectivity index is 1.79. The van der Waals surface area contributed by atoms with Gasteiger partial charge in [-0.3, -0.25) is 9.69 Å². The largest absolute Gasteiger partial charge is 0.481 e. The first kappa shape index (κ1) is 12.5. The molecule has 2 rings (SSSR count). The Morgan fingerprint density at radius 1 is 1.71 bits per heavy atom. The Morgan fingerprint density at radius 3 is 2.94 bits per heavy atom. The third kappa shape index (κ3) is 2.84. The maximum Gasteiger partial charge on any atom is 0.306 e. The molecule has 1 aromatic heterocycles. The molecule has 94 valence electrons. The Morgan fingerprint density at radius 2 is 2.41 bits per heavy atom. The summed E-state index contributed by atoms with van der Waals surface area (Å²) in [5.41, 5.74) is 1.12. The predicted molar refractivity (Wildman–Crippen MR) is 67.1 cm³/mol. The Hall–Kier alpha value is -0.940. The van der Waals surface area contributed by atoms with Crippen LogP contribution in [-0.2, 0) is 17.8 Å². The molecule has 0 saturated carbocycles. The van der Waals surface area contributed by atoms with Crippen molar-refractivity contribution in [2.24, 2.45) is 11.8 Å². The summed E-state index contributed by atoms with van der Waals surface area (Å²) in [5, 5.41) is 12.2. The summed E-state index contributed by atoms with van der Waals surface area (Å²) in [6.07, 6.45) is 0.989. The van der Waals surface area contributed by atoms with Crippen LogP contribution in [0.3, 0.4) is 0 Å². The number of rotatable bonds is 5. The SMILES string of the molecule is CCc1nc(CN2CC(C(C)C(=O)O)C2)cs1. The van der Waals surface area contributed by atoms with E-state index in [-0.39, 0.29) is 5.92 Å². The first-order valence-corrected chi connectivity index (χ1v) is 6.86. The highest BCUT2D eigenvalue weighted by Gasteiger charge is 2.34. The lowest BCUT2D eigenvalue weighted by Gasteiger charge is -2.40. The molecule has 1 aliphatic rings. The summed E-state index contributed by atoms with van der Waals surface area (Å²) in [5.74, 6) is -0.610. The minimum absolute atomic E-state index is 0.229. The van der Waals surface area contributed by atoms with E-state index in [9.17, 15) is 4.79 Å². The summed E-state index contributed by atoms with van der Waals surface area (Å²) in [6.45, 7) is 6.53. The molecule has 17 heavy (non-hydrogen) atoms. The van der Waals surface area contributed by atoms with Crippen molar-refractivity contribution >= 4 is 17.3 Å². The molecule has 0 aliphatic carbocycles. The van der Waals surface area contributed by atoms with Crippen LogP contribution in [-0.4, -0.2) is 34.0 Å². The second kappa shape index (κ2) is 5.14. The third-order valence-electron chi connectivity index (χ3n) is 3.37. The Kier molecular flexibility index (Phi) is 3.79. The number of likely N-dealkylation sites (tertiary alicyclic amines) is 1. The fraction of sp³-hybridized carbons (Fsp3) is 0.667. The zero-order valence-corrected chi connectivity index (χ0v) is 11.0. The zero-order valence-electron chi connectivity index (χ0n) is 10.2. The van der Waals surface area contributed by atoms with Crippen LogP contribution in [0.4, 0.5) is 0 Å². The highest BCUT2D eigenvalue weighted by Crippen LogP contribution is 2.25. The standard InChI is InChI=1S/C12H18N2O2S/c1-3-11-13-10(7-17-11)6-14-4-9(5-14)8(2)12(15)16/h7-9H,3-6H2,1-2H3,(H,15,16). The van der Waals surface area contributed by atoms with E-state index in [2.05, 4.69) is 22.2 Å². The van der Waals surface area contributed by atoms with Gasteiger partial charge in [0, 0.05) is 25.0 Å². The summed E-state index contributed by atoms with van der Waals surface area (Å²) >= 11 is 1.71. The minimum Gasteiger partial charge on any atom is -0.481 e. The lowest BCUT2D eigenvalue weighted by Crippen LogP contribution is -2.50. The van der Waals surface area contributed by atoms with Crippen LogP contribution in [0, 0.1) is 11.8 Å². The number of hydrogen-bond acceptors (Lipinski definition) is 4. The van der Waals surface area contributed by atoms with Crippen molar-refractivity contribution in [3.63, 3.8) is 0 Å². The molecule has 1 atom stereocenters. The molecule has 5 heteroatoms. The van der Waals surface area contributed by atoms with Gasteiger partial charge in [0.15, 0.2) is 0 Å². The van der Waals surface area contributed by atoms with Crippen molar-refractivity contribution in [2.45, 2.75) is 26.8 Å². The van der Waals surface area contributed by atoms with Gasteiger partial charge in [-0.1, -0.05) is 13.8 Å². The van der Waals surface area contributed by atoms with E-state index in [4.69, 9.17) is 5.11 Å². The van der Waals surface area contributed by atoms with Crippen LogP contribution >= 0.6 is 11.3 Å². The first-order chi connectivity index (χ1) is 8.10. The number of aryl methyl sites for hydroxylation is 1. The van der Waals surface area contributed by atoms with Crippen LogP contribution in [0.15, 0.2) is 5.38 Å². The monoisotopic (exact) mass is 254 g/mol. The molecule has 1 fully saturated rings. The predicted octanol–water partition coefficient (Wildman–Crippen LogP) is 1.86. The molecule has 4 nitrogen and oxygen atoms in total. The van der Waals surface area contributed by atoms with Crippen LogP contribution < -0.4 is 0 Å². The Bertz CT molecular complexity index is 399. The van der Waals surface area contributed by atoms with Crippen LogP contribution in [0.5, 0.6) is 0 Å². The number of aliphatic carboxylic acids is 1. The van der Waals surface area contributed by atoms with Gasteiger partial charge in [-0.2, -0.15) is 0 Å². The molecule has 0 amide bonds. The van der Waals surface area contributed by atoms with Crippen molar-refractivity contribution in [1.29, 1.82) is 0 Å². The molecule has 1 saturated heterocycles. The second-order valence-electron chi connectivity index (χ2n) is 4.67. The van der Waals surface area contributed by atoms with Gasteiger partial charge in [0.2, 0.25) is 0 Å². The van der Waals surface area contributed by atoms with Crippen LogP contribution in [0.2, 0.25) is 0 Å². The van der Waals surface area contributed by atoms with E-state index in [1.54, 1.807) is 18.3 Å². The van der Waals surface area contributed by atoms with Gasteiger partial charge >= 0.3 is 5.97 Å². The second-order valence-corrected chi connectivity index (χ2v) is 5.61. The maximum atomic E-state index is 10.8. The van der Waals surface area contributed by atoms with Crippen molar-refractivity contribution in [2.75, 3.05) is 13.1 Å². The molecule has 1 N–H and O–H groups in total. The fourth-order valence-corrected chi connectivity index (χ4v) is 2.81. The van der Waals surface area contributed by atoms with E-state index >= 15 is 0 Å². The van der Waals surface area contributed by atoms with E-state index in [0.29, 0.717) is 5.92 Å². The van der Waals surface area contributed by atoms with E-state index in [1.165, 1.54) is 5.01 Å². The van der Waals surface area contributed by atoms with E-state index in [1.807, 2.05) is 0 Å². The van der Waals surface area contributed by atoms with Crippen LogP contribution in [0.1, 0.15) is 24.5 Å². The molecular weight excluding hydrogens is 236 g/mol. The first-order valence-electron chi connectivity index (χ1n) is 5.98. The number of thiazole rings is 1. The Labute approximate surface area is 105 Å². The third-order valence-corrected chi connectivity index (χ3v) is 4.41. The number of hydrogen-bond donors (Lipinski definition) is 1. The van der Waals surface area contributed by atoms with Gasteiger partial charge < -0.3 is 5.11 Å². The molecule has 0 spiro atoms. The van der Waals surface area contributed by atoms with Crippen molar-refractivity contribution in [3.8, 4) is 0 Å². The smallest absolute Gasteiger partial charge is 0.306 e. The van der Waals surface area contributed by atoms with Crippen LogP contribution in [0.25, 0.3) is 0 Å². The molecule has 1 aromatic rings. The minimum atomic E-state index is -0.684. The average Bonchev–Trinajstić information content (AvgIpc) is 2.69. The van der Waals surface area contributed by atoms with E-state index in [0.717, 1.165) is 31.7 Å². The summed E-state index contributed by atoms with van der Waals surface area (Å²) < 4.78 is 0. The molecule has 0 aromatic carbocycles. The van der Waals surface area contributed by atoms with Gasteiger partial charge in [0.1, 0.15) is 0 Å². The topological polar surface area (TPSA) is 53.4 Å². The summed E-state index contributed by atoms with van der Waals surface area (Å²) in [4.78, 5) is 17.6. The number of nitrogens with zero attached hydrogens (tertiary/aromatic N) is 2. The molecule has 0 radical (unpaired) electrons. The molecule has 1 aliphatic heterocycles. The summed E-state index contributed by atoms with van der Waals surface area (Å²) in [6, 6.07) is 0. The van der Waals surface area contributed by atoms with Crippen molar-refractivity contribution in [1.82, 2.24) is 9.88 Å². The van der Waals surface area contributed by atoms with Crippen molar-refractivity contribution in [3.05, 3.63) is 16.1 Å². The van der Waals surface area contributed by atoms with Crippen molar-refractivity contribution < 1.29 is 9.90 Å². The van der Waals surface area contributed by atoms with Gasteiger partial charge in [0.05, 0.1) is 16.6 Å². The number of carboxylic acids is 1. The quantitative estimate of drug-likeness (QED) is 0.871. The molecular formula is C12H18N2O2S. The highest BCUT2D eigenvalue weighted by atomic mass is 32.1. The average molecular weight is 254 g/mol. The summed E-state index contributed by atoms with van der Waals surface area (Å²) in [7, 11) is 0. The van der Waals surface area contributed by atoms with Gasteiger partial charge in [0.25, 0.3) is 0 Å². The van der Waals surface area contributed by atoms with E-state index < -0.39 is 5.97 Å². The van der Waals surface area contributed by atoms with Gasteiger partial charge in [-0.05, 0) is 12.3 Å². The molecule has 1 unspecified atom stereocenters. The number of carbonyl (C=O) groups is 1. The normalized spacial score (nSPS) is 18.9. The number of carboxylic acid groups (broad SMARTS) is 1. The maximum absolute atomic E-state index is 10.8. The fourth-order valence-electron chi connectivity index (χ4n) is 2.07.